The van der Waals surface area contributed by atoms with Crippen LogP contribution < -0.4 is 15.8 Å². The average molecular weight is 297 g/mol. The quantitative estimate of drug-likeness (QED) is 0.909. The van der Waals surface area contributed by atoms with Gasteiger partial charge in [0.25, 0.3) is 0 Å². The van der Waals surface area contributed by atoms with Gasteiger partial charge in [-0.25, -0.2) is 4.98 Å². The highest BCUT2D eigenvalue weighted by atomic mass is 19.4. The third kappa shape index (κ3) is 3.56. The van der Waals surface area contributed by atoms with Crippen LogP contribution in [-0.2, 0) is 12.7 Å². The Morgan fingerprint density at radius 3 is 2.67 bits per heavy atom. The van der Waals surface area contributed by atoms with Crippen molar-refractivity contribution >= 4 is 11.5 Å². The van der Waals surface area contributed by atoms with Gasteiger partial charge in [-0.1, -0.05) is 18.2 Å². The van der Waals surface area contributed by atoms with Gasteiger partial charge in [0, 0.05) is 18.3 Å². The minimum atomic E-state index is -4.46. The Balaban J connectivity index is 2.20. The molecule has 0 saturated heterocycles. The van der Waals surface area contributed by atoms with Crippen molar-refractivity contribution in [2.75, 3.05) is 18.2 Å². The number of nitrogens with zero attached hydrogens (tertiary/aromatic N) is 1. The SMILES string of the molecule is COc1ccccc1CNc1cc(C(F)(F)F)cnc1N. The topological polar surface area (TPSA) is 60.2 Å². The molecular weight excluding hydrogens is 283 g/mol. The number of hydrogen-bond donors (Lipinski definition) is 2. The lowest BCUT2D eigenvalue weighted by molar-refractivity contribution is -0.137. The third-order valence-corrected chi connectivity index (χ3v) is 2.91. The normalized spacial score (nSPS) is 11.2. The first-order valence-electron chi connectivity index (χ1n) is 6.10. The van der Waals surface area contributed by atoms with Crippen molar-refractivity contribution in [1.82, 2.24) is 4.98 Å². The number of nitrogen functional groups attached to an aromatic ring is 1. The van der Waals surface area contributed by atoms with E-state index in [1.165, 1.54) is 7.11 Å². The molecule has 1 aromatic carbocycles. The van der Waals surface area contributed by atoms with E-state index in [0.717, 1.165) is 11.6 Å². The summed E-state index contributed by atoms with van der Waals surface area (Å²) in [6, 6.07) is 8.14. The third-order valence-electron chi connectivity index (χ3n) is 2.91. The number of rotatable bonds is 4. The van der Waals surface area contributed by atoms with E-state index in [0.29, 0.717) is 11.9 Å². The zero-order valence-corrected chi connectivity index (χ0v) is 11.2. The molecule has 2 rings (SSSR count). The van der Waals surface area contributed by atoms with Crippen molar-refractivity contribution in [3.8, 4) is 5.75 Å². The smallest absolute Gasteiger partial charge is 0.417 e. The number of benzene rings is 1. The lowest BCUT2D eigenvalue weighted by atomic mass is 10.2. The van der Waals surface area contributed by atoms with Gasteiger partial charge in [0.1, 0.15) is 11.6 Å². The number of alkyl halides is 3. The van der Waals surface area contributed by atoms with Gasteiger partial charge in [-0.3, -0.25) is 0 Å². The summed E-state index contributed by atoms with van der Waals surface area (Å²) in [7, 11) is 1.53. The second-order valence-corrected chi connectivity index (χ2v) is 4.32. The molecule has 1 aromatic heterocycles. The molecule has 0 aliphatic heterocycles. The second-order valence-electron chi connectivity index (χ2n) is 4.32. The Kier molecular flexibility index (Phi) is 4.21. The first kappa shape index (κ1) is 15.0. The fourth-order valence-corrected chi connectivity index (χ4v) is 1.81. The lowest BCUT2D eigenvalue weighted by Crippen LogP contribution is -2.10. The number of aromatic nitrogens is 1. The molecule has 112 valence electrons. The van der Waals surface area contributed by atoms with Crippen LogP contribution in [-0.4, -0.2) is 12.1 Å². The van der Waals surface area contributed by atoms with Crippen molar-refractivity contribution < 1.29 is 17.9 Å². The number of nitrogens with one attached hydrogen (secondary N) is 1. The van der Waals surface area contributed by atoms with Crippen molar-refractivity contribution in [3.63, 3.8) is 0 Å². The van der Waals surface area contributed by atoms with Crippen LogP contribution in [0.15, 0.2) is 36.5 Å². The maximum absolute atomic E-state index is 12.7. The summed E-state index contributed by atoms with van der Waals surface area (Å²) in [4.78, 5) is 3.56. The number of halogens is 3. The predicted molar refractivity (Wildman–Crippen MR) is 74.0 cm³/mol. The maximum Gasteiger partial charge on any atom is 0.417 e. The van der Waals surface area contributed by atoms with Crippen LogP contribution >= 0.6 is 0 Å². The van der Waals surface area contributed by atoms with E-state index in [9.17, 15) is 13.2 Å². The van der Waals surface area contributed by atoms with Gasteiger partial charge in [0.2, 0.25) is 0 Å². The first-order valence-corrected chi connectivity index (χ1v) is 6.10. The van der Waals surface area contributed by atoms with Crippen molar-refractivity contribution in [2.45, 2.75) is 12.7 Å². The Morgan fingerprint density at radius 1 is 1.29 bits per heavy atom. The number of pyridine rings is 1. The summed E-state index contributed by atoms with van der Waals surface area (Å²) >= 11 is 0. The molecule has 2 aromatic rings. The number of para-hydroxylation sites is 1. The highest BCUT2D eigenvalue weighted by Crippen LogP contribution is 2.32. The minimum Gasteiger partial charge on any atom is -0.496 e. The number of nitrogens with two attached hydrogens (primary N) is 1. The number of anilines is 2. The Bertz CT molecular complexity index is 629. The highest BCUT2D eigenvalue weighted by molar-refractivity contribution is 5.63. The van der Waals surface area contributed by atoms with Crippen LogP contribution in [0.4, 0.5) is 24.7 Å². The van der Waals surface area contributed by atoms with Crippen LogP contribution in [0.25, 0.3) is 0 Å². The number of methoxy groups -OCH3 is 1. The summed E-state index contributed by atoms with van der Waals surface area (Å²) in [5.41, 5.74) is 5.68. The van der Waals surface area contributed by atoms with Crippen LogP contribution in [0.3, 0.4) is 0 Å². The van der Waals surface area contributed by atoms with Gasteiger partial charge in [-0.2, -0.15) is 13.2 Å². The summed E-state index contributed by atoms with van der Waals surface area (Å²) in [5.74, 6) is 0.654. The van der Waals surface area contributed by atoms with E-state index in [-0.39, 0.29) is 18.1 Å². The molecule has 3 N–H and O–H groups in total. The van der Waals surface area contributed by atoms with E-state index < -0.39 is 11.7 Å². The second kappa shape index (κ2) is 5.90. The summed E-state index contributed by atoms with van der Waals surface area (Å²) in [5, 5.41) is 2.85. The zero-order valence-electron chi connectivity index (χ0n) is 11.2. The van der Waals surface area contributed by atoms with Crippen molar-refractivity contribution in [1.29, 1.82) is 0 Å². The molecule has 21 heavy (non-hydrogen) atoms. The first-order chi connectivity index (χ1) is 9.91. The van der Waals surface area contributed by atoms with Gasteiger partial charge in [-0.15, -0.1) is 0 Å². The maximum atomic E-state index is 12.7. The largest absolute Gasteiger partial charge is 0.496 e. The molecule has 4 nitrogen and oxygen atoms in total. The zero-order chi connectivity index (χ0) is 15.5. The molecule has 0 spiro atoms. The van der Waals surface area contributed by atoms with Crippen LogP contribution in [0.1, 0.15) is 11.1 Å². The van der Waals surface area contributed by atoms with Gasteiger partial charge < -0.3 is 15.8 Å². The molecular formula is C14H14F3N3O. The minimum absolute atomic E-state index is 0.0119. The molecule has 0 fully saturated rings. The van der Waals surface area contributed by atoms with Crippen molar-refractivity contribution in [3.05, 3.63) is 47.7 Å². The van der Waals surface area contributed by atoms with Crippen LogP contribution in [0, 0.1) is 0 Å². The molecule has 1 heterocycles. The van der Waals surface area contributed by atoms with Crippen molar-refractivity contribution in [2.24, 2.45) is 0 Å². The summed E-state index contributed by atoms with van der Waals surface area (Å²) in [6.45, 7) is 0.275. The number of hydrogen-bond acceptors (Lipinski definition) is 4. The highest BCUT2D eigenvalue weighted by Gasteiger charge is 2.31. The molecule has 0 aliphatic rings. The van der Waals surface area contributed by atoms with E-state index in [1.807, 2.05) is 18.2 Å². The fourth-order valence-electron chi connectivity index (χ4n) is 1.81. The van der Waals surface area contributed by atoms with Gasteiger partial charge in [0.15, 0.2) is 0 Å². The molecule has 0 aliphatic carbocycles. The van der Waals surface area contributed by atoms with E-state index >= 15 is 0 Å². The Hall–Kier alpha value is -2.44. The fraction of sp³-hybridized carbons (Fsp3) is 0.214. The van der Waals surface area contributed by atoms with Crippen LogP contribution in [0.2, 0.25) is 0 Å². The standard InChI is InChI=1S/C14H14F3N3O/c1-21-12-5-3-2-4-9(12)7-19-11-6-10(14(15,16)17)8-20-13(11)18/h2-6,8,19H,7H2,1H3,(H2,18,20). The molecule has 0 atom stereocenters. The van der Waals surface area contributed by atoms with E-state index in [1.54, 1.807) is 6.07 Å². The monoisotopic (exact) mass is 297 g/mol. The van der Waals surface area contributed by atoms with Crippen LogP contribution in [0.5, 0.6) is 5.75 Å². The van der Waals surface area contributed by atoms with E-state index in [4.69, 9.17) is 10.5 Å². The molecule has 0 unspecified atom stereocenters. The molecule has 0 saturated carbocycles. The molecule has 7 heteroatoms. The lowest BCUT2D eigenvalue weighted by Gasteiger charge is -2.13. The Labute approximate surface area is 119 Å². The summed E-state index contributed by atoms with van der Waals surface area (Å²) < 4.78 is 43.1. The predicted octanol–water partition coefficient (Wildman–Crippen LogP) is 3.30. The van der Waals surface area contributed by atoms with E-state index in [2.05, 4.69) is 10.3 Å². The van der Waals surface area contributed by atoms with Gasteiger partial charge in [-0.05, 0) is 12.1 Å². The average Bonchev–Trinajstić information content (AvgIpc) is 2.45. The van der Waals surface area contributed by atoms with Gasteiger partial charge in [0.05, 0.1) is 18.4 Å². The molecule has 0 bridgehead atoms. The number of ether oxygens (including phenoxy) is 1. The Morgan fingerprint density at radius 2 is 2.00 bits per heavy atom. The molecule has 0 radical (unpaired) electrons. The summed E-state index contributed by atoms with van der Waals surface area (Å²) in [6.07, 6.45) is -3.74. The molecule has 0 amide bonds. The van der Waals surface area contributed by atoms with Gasteiger partial charge >= 0.3 is 6.18 Å².